The lowest BCUT2D eigenvalue weighted by Crippen LogP contribution is -2.37. The third-order valence-electron chi connectivity index (χ3n) is 5.18. The third-order valence-corrected chi connectivity index (χ3v) is 5.18. The number of aliphatic hydroxyl groups is 1. The molecule has 1 fully saturated rings. The van der Waals surface area contributed by atoms with Crippen molar-refractivity contribution in [2.45, 2.75) is 45.9 Å². The van der Waals surface area contributed by atoms with Crippen LogP contribution in [0.15, 0.2) is 22.7 Å². The second kappa shape index (κ2) is 8.60. The molecule has 8 heteroatoms. The standard InChI is InChI=1S/C20H27FN4O3/c1-13-17(14(2)28-23-13)12-24(3)20(27)22-11-15-4-5-19(18(21)10-15)25-8-6-16(26)7-9-25/h4-5,10,16,26H,6-9,11-12H2,1-3H3,(H,22,27). The summed E-state index contributed by atoms with van der Waals surface area (Å²) in [6.45, 7) is 5.56. The minimum absolute atomic E-state index is 0.237. The van der Waals surface area contributed by atoms with Crippen LogP contribution in [-0.2, 0) is 13.1 Å². The highest BCUT2D eigenvalue weighted by Gasteiger charge is 2.20. The fourth-order valence-electron chi connectivity index (χ4n) is 3.37. The number of aliphatic hydroxyl groups excluding tert-OH is 1. The number of amides is 2. The van der Waals surface area contributed by atoms with Crippen LogP contribution in [0.25, 0.3) is 0 Å². The summed E-state index contributed by atoms with van der Waals surface area (Å²) in [4.78, 5) is 15.8. The number of nitrogens with zero attached hydrogens (tertiary/aromatic N) is 3. The molecule has 1 aliphatic rings. The van der Waals surface area contributed by atoms with Crippen LogP contribution >= 0.6 is 0 Å². The highest BCUT2D eigenvalue weighted by molar-refractivity contribution is 5.74. The number of hydrogen-bond acceptors (Lipinski definition) is 5. The van der Waals surface area contributed by atoms with E-state index in [9.17, 15) is 14.3 Å². The van der Waals surface area contributed by atoms with Gasteiger partial charge < -0.3 is 24.7 Å². The van der Waals surface area contributed by atoms with Crippen molar-refractivity contribution < 1.29 is 18.8 Å². The first-order chi connectivity index (χ1) is 13.3. The highest BCUT2D eigenvalue weighted by Crippen LogP contribution is 2.24. The summed E-state index contributed by atoms with van der Waals surface area (Å²) in [7, 11) is 1.69. The lowest BCUT2D eigenvalue weighted by Gasteiger charge is -2.31. The predicted octanol–water partition coefficient (Wildman–Crippen LogP) is 2.73. The smallest absolute Gasteiger partial charge is 0.317 e. The molecule has 2 N–H and O–H groups in total. The van der Waals surface area contributed by atoms with Crippen molar-refractivity contribution in [3.63, 3.8) is 0 Å². The van der Waals surface area contributed by atoms with Gasteiger partial charge in [0.15, 0.2) is 0 Å². The van der Waals surface area contributed by atoms with E-state index in [0.717, 1.165) is 11.3 Å². The molecule has 0 atom stereocenters. The predicted molar refractivity (Wildman–Crippen MR) is 104 cm³/mol. The van der Waals surface area contributed by atoms with Crippen LogP contribution in [0, 0.1) is 19.7 Å². The van der Waals surface area contributed by atoms with Crippen molar-refractivity contribution >= 4 is 11.7 Å². The van der Waals surface area contributed by atoms with Gasteiger partial charge in [0.1, 0.15) is 11.6 Å². The van der Waals surface area contributed by atoms with Gasteiger partial charge in [-0.25, -0.2) is 9.18 Å². The maximum Gasteiger partial charge on any atom is 0.317 e. The quantitative estimate of drug-likeness (QED) is 0.820. The minimum atomic E-state index is -0.313. The fourth-order valence-corrected chi connectivity index (χ4v) is 3.37. The molecule has 1 aromatic carbocycles. The number of aromatic nitrogens is 1. The molecule has 152 valence electrons. The van der Waals surface area contributed by atoms with Crippen molar-refractivity contribution in [3.05, 3.63) is 46.6 Å². The van der Waals surface area contributed by atoms with E-state index in [1.54, 1.807) is 13.1 Å². The van der Waals surface area contributed by atoms with Crippen LogP contribution in [0.2, 0.25) is 0 Å². The van der Waals surface area contributed by atoms with Crippen LogP contribution in [-0.4, -0.2) is 47.4 Å². The van der Waals surface area contributed by atoms with Gasteiger partial charge in [-0.15, -0.1) is 0 Å². The van der Waals surface area contributed by atoms with Gasteiger partial charge in [-0.3, -0.25) is 0 Å². The molecule has 28 heavy (non-hydrogen) atoms. The molecule has 0 aliphatic carbocycles. The van der Waals surface area contributed by atoms with Crippen molar-refractivity contribution in [2.75, 3.05) is 25.0 Å². The monoisotopic (exact) mass is 390 g/mol. The maximum absolute atomic E-state index is 14.5. The van der Waals surface area contributed by atoms with E-state index in [1.165, 1.54) is 11.0 Å². The van der Waals surface area contributed by atoms with E-state index in [-0.39, 0.29) is 24.5 Å². The van der Waals surface area contributed by atoms with Crippen molar-refractivity contribution in [3.8, 4) is 0 Å². The molecule has 0 radical (unpaired) electrons. The van der Waals surface area contributed by atoms with Gasteiger partial charge in [0, 0.05) is 32.2 Å². The Balaban J connectivity index is 1.55. The first-order valence-corrected chi connectivity index (χ1v) is 9.47. The van der Waals surface area contributed by atoms with Crippen LogP contribution in [0.4, 0.5) is 14.9 Å². The average molecular weight is 390 g/mol. The number of hydrogen-bond donors (Lipinski definition) is 2. The lowest BCUT2D eigenvalue weighted by molar-refractivity contribution is 0.145. The number of halogens is 1. The summed E-state index contributed by atoms with van der Waals surface area (Å²) in [6, 6.07) is 4.75. The second-order valence-corrected chi connectivity index (χ2v) is 7.32. The molecule has 0 bridgehead atoms. The lowest BCUT2D eigenvalue weighted by atomic mass is 10.1. The Hall–Kier alpha value is -2.61. The molecule has 1 aromatic heterocycles. The highest BCUT2D eigenvalue weighted by atomic mass is 19.1. The van der Waals surface area contributed by atoms with E-state index < -0.39 is 0 Å². The van der Waals surface area contributed by atoms with Gasteiger partial charge in [-0.1, -0.05) is 11.2 Å². The van der Waals surface area contributed by atoms with E-state index in [4.69, 9.17) is 4.52 Å². The number of urea groups is 1. The summed E-state index contributed by atoms with van der Waals surface area (Å²) in [6.07, 6.45) is 1.000. The van der Waals surface area contributed by atoms with Gasteiger partial charge in [0.25, 0.3) is 0 Å². The van der Waals surface area contributed by atoms with Gasteiger partial charge in [0.05, 0.1) is 24.0 Å². The largest absolute Gasteiger partial charge is 0.393 e. The minimum Gasteiger partial charge on any atom is -0.393 e. The van der Waals surface area contributed by atoms with Crippen molar-refractivity contribution in [1.82, 2.24) is 15.4 Å². The molecule has 2 amide bonds. The van der Waals surface area contributed by atoms with Crippen molar-refractivity contribution in [1.29, 1.82) is 0 Å². The van der Waals surface area contributed by atoms with Crippen LogP contribution in [0.3, 0.4) is 0 Å². The molecular formula is C20H27FN4O3. The fraction of sp³-hybridized carbons (Fsp3) is 0.500. The molecule has 0 unspecified atom stereocenters. The number of anilines is 1. The van der Waals surface area contributed by atoms with Gasteiger partial charge in [0.2, 0.25) is 0 Å². The second-order valence-electron chi connectivity index (χ2n) is 7.32. The molecule has 1 saturated heterocycles. The molecule has 2 aromatic rings. The number of benzene rings is 1. The zero-order valence-electron chi connectivity index (χ0n) is 16.5. The van der Waals surface area contributed by atoms with Crippen LogP contribution in [0.1, 0.15) is 35.4 Å². The maximum atomic E-state index is 14.5. The third kappa shape index (κ3) is 4.62. The van der Waals surface area contributed by atoms with Gasteiger partial charge in [-0.05, 0) is 44.4 Å². The van der Waals surface area contributed by atoms with E-state index >= 15 is 0 Å². The summed E-state index contributed by atoms with van der Waals surface area (Å²) < 4.78 is 19.6. The molecule has 2 heterocycles. The first-order valence-electron chi connectivity index (χ1n) is 9.47. The molecule has 3 rings (SSSR count). The van der Waals surface area contributed by atoms with Gasteiger partial charge in [-0.2, -0.15) is 0 Å². The number of rotatable bonds is 5. The Morgan fingerprint density at radius 3 is 2.71 bits per heavy atom. The Kier molecular flexibility index (Phi) is 6.18. The SMILES string of the molecule is Cc1noc(C)c1CN(C)C(=O)NCc1ccc(N2CCC(O)CC2)c(F)c1. The summed E-state index contributed by atoms with van der Waals surface area (Å²) >= 11 is 0. The Morgan fingerprint density at radius 1 is 1.39 bits per heavy atom. The molecule has 0 spiro atoms. The average Bonchev–Trinajstić information content (AvgIpc) is 2.99. The summed E-state index contributed by atoms with van der Waals surface area (Å²) in [5.74, 6) is 0.382. The van der Waals surface area contributed by atoms with Crippen LogP contribution < -0.4 is 10.2 Å². The Bertz CT molecular complexity index is 811. The summed E-state index contributed by atoms with van der Waals surface area (Å²) in [5.41, 5.74) is 2.88. The van der Waals surface area contributed by atoms with E-state index in [0.29, 0.717) is 49.5 Å². The van der Waals surface area contributed by atoms with E-state index in [2.05, 4.69) is 10.5 Å². The number of carbonyl (C=O) groups is 1. The summed E-state index contributed by atoms with van der Waals surface area (Å²) in [5, 5.41) is 16.3. The zero-order chi connectivity index (χ0) is 20.3. The molecule has 7 nitrogen and oxygen atoms in total. The molecular weight excluding hydrogens is 363 g/mol. The Morgan fingerprint density at radius 2 is 2.11 bits per heavy atom. The zero-order valence-corrected chi connectivity index (χ0v) is 16.5. The Labute approximate surface area is 164 Å². The van der Waals surface area contributed by atoms with Crippen molar-refractivity contribution in [2.24, 2.45) is 0 Å². The first kappa shape index (κ1) is 20.1. The number of piperidine rings is 1. The molecule has 1 aliphatic heterocycles. The normalized spacial score (nSPS) is 15.0. The van der Waals surface area contributed by atoms with Crippen LogP contribution in [0.5, 0.6) is 0 Å². The molecule has 0 saturated carbocycles. The topological polar surface area (TPSA) is 81.8 Å². The van der Waals surface area contributed by atoms with Gasteiger partial charge >= 0.3 is 6.03 Å². The number of aryl methyl sites for hydroxylation is 2. The number of carbonyl (C=O) groups excluding carboxylic acids is 1. The van der Waals surface area contributed by atoms with E-state index in [1.807, 2.05) is 24.8 Å². The number of nitrogens with one attached hydrogen (secondary N) is 1.